The molecule has 0 aliphatic carbocycles. The van der Waals surface area contributed by atoms with Crippen LogP contribution in [0.4, 0.5) is 0 Å². The third kappa shape index (κ3) is 2.88. The van der Waals surface area contributed by atoms with Crippen LogP contribution in [0.15, 0.2) is 42.7 Å². The first-order chi connectivity index (χ1) is 8.72. The third-order valence-electron chi connectivity index (χ3n) is 2.96. The van der Waals surface area contributed by atoms with Gasteiger partial charge in [-0.2, -0.15) is 0 Å². The van der Waals surface area contributed by atoms with Crippen molar-refractivity contribution in [3.8, 4) is 0 Å². The highest BCUT2D eigenvalue weighted by Gasteiger charge is 2.14. The second kappa shape index (κ2) is 5.96. The lowest BCUT2D eigenvalue weighted by Gasteiger charge is -2.18. The lowest BCUT2D eigenvalue weighted by Crippen LogP contribution is -2.29. The van der Waals surface area contributed by atoms with Crippen LogP contribution in [0, 0.1) is 6.92 Å². The van der Waals surface area contributed by atoms with Crippen LogP contribution >= 0.6 is 11.6 Å². The van der Waals surface area contributed by atoms with E-state index >= 15 is 0 Å². The van der Waals surface area contributed by atoms with Crippen LogP contribution in [-0.4, -0.2) is 4.98 Å². The molecule has 3 N–H and O–H groups in total. The Kier molecular flexibility index (Phi) is 4.31. The summed E-state index contributed by atoms with van der Waals surface area (Å²) < 4.78 is 0. The topological polar surface area (TPSA) is 50.9 Å². The maximum absolute atomic E-state index is 6.32. The van der Waals surface area contributed by atoms with Crippen molar-refractivity contribution in [3.63, 3.8) is 0 Å². The quantitative estimate of drug-likeness (QED) is 0.657. The molecule has 2 aromatic rings. The van der Waals surface area contributed by atoms with Gasteiger partial charge in [-0.05, 0) is 36.1 Å². The average molecular weight is 262 g/mol. The second-order valence-corrected chi connectivity index (χ2v) is 4.64. The molecule has 1 atom stereocenters. The van der Waals surface area contributed by atoms with Gasteiger partial charge in [0.2, 0.25) is 0 Å². The molecule has 1 aromatic carbocycles. The first kappa shape index (κ1) is 13.0. The number of aryl methyl sites for hydroxylation is 1. The summed E-state index contributed by atoms with van der Waals surface area (Å²) in [6.07, 6.45) is 4.36. The van der Waals surface area contributed by atoms with Gasteiger partial charge in [-0.3, -0.25) is 16.3 Å². The average Bonchev–Trinajstić information content (AvgIpc) is 2.41. The molecule has 3 nitrogen and oxygen atoms in total. The van der Waals surface area contributed by atoms with Gasteiger partial charge in [0, 0.05) is 17.4 Å². The van der Waals surface area contributed by atoms with E-state index in [4.69, 9.17) is 17.4 Å². The summed E-state index contributed by atoms with van der Waals surface area (Å²) in [6, 6.07) is 9.91. The lowest BCUT2D eigenvalue weighted by atomic mass is 9.99. The fourth-order valence-electron chi connectivity index (χ4n) is 1.95. The number of halogens is 1. The highest BCUT2D eigenvalue weighted by molar-refractivity contribution is 6.32. The Morgan fingerprint density at radius 1 is 1.33 bits per heavy atom. The van der Waals surface area contributed by atoms with Crippen LogP contribution in [0.25, 0.3) is 0 Å². The van der Waals surface area contributed by atoms with Crippen LogP contribution in [0.3, 0.4) is 0 Å². The van der Waals surface area contributed by atoms with Crippen molar-refractivity contribution < 1.29 is 0 Å². The summed E-state index contributed by atoms with van der Waals surface area (Å²) in [7, 11) is 0. The Hall–Kier alpha value is -1.42. The molecular weight excluding hydrogens is 246 g/mol. The molecule has 0 radical (unpaired) electrons. The minimum atomic E-state index is -0.0124. The predicted octanol–water partition coefficient (Wildman–Crippen LogP) is 2.79. The normalized spacial score (nSPS) is 12.4. The number of pyridine rings is 1. The van der Waals surface area contributed by atoms with Crippen molar-refractivity contribution in [2.24, 2.45) is 5.84 Å². The van der Waals surface area contributed by atoms with E-state index in [1.165, 1.54) is 0 Å². The van der Waals surface area contributed by atoms with Crippen molar-refractivity contribution in [2.45, 2.75) is 19.4 Å². The first-order valence-electron chi connectivity index (χ1n) is 5.82. The van der Waals surface area contributed by atoms with Crippen molar-refractivity contribution in [1.29, 1.82) is 0 Å². The van der Waals surface area contributed by atoms with Gasteiger partial charge < -0.3 is 0 Å². The largest absolute Gasteiger partial charge is 0.271 e. The summed E-state index contributed by atoms with van der Waals surface area (Å²) in [5.74, 6) is 5.64. The smallest absolute Gasteiger partial charge is 0.0515 e. The summed E-state index contributed by atoms with van der Waals surface area (Å²) >= 11 is 6.32. The number of aromatic nitrogens is 1. The molecular formula is C14H16ClN3. The maximum Gasteiger partial charge on any atom is 0.0515 e. The number of nitrogens with two attached hydrogens (primary N) is 1. The van der Waals surface area contributed by atoms with Gasteiger partial charge in [0.25, 0.3) is 0 Å². The van der Waals surface area contributed by atoms with Crippen LogP contribution < -0.4 is 11.3 Å². The zero-order chi connectivity index (χ0) is 13.0. The fourth-order valence-corrected chi connectivity index (χ4v) is 2.21. The minimum Gasteiger partial charge on any atom is -0.271 e. The molecule has 0 saturated heterocycles. The van der Waals surface area contributed by atoms with Crippen LogP contribution in [0.1, 0.15) is 22.7 Å². The highest BCUT2D eigenvalue weighted by Crippen LogP contribution is 2.27. The summed E-state index contributed by atoms with van der Waals surface area (Å²) in [6.45, 7) is 1.99. The maximum atomic E-state index is 6.32. The zero-order valence-electron chi connectivity index (χ0n) is 10.2. The SMILES string of the molecule is Cc1cccc(C(Cc2cccnc2)NN)c1Cl. The van der Waals surface area contributed by atoms with Gasteiger partial charge in [0.1, 0.15) is 0 Å². The fraction of sp³-hybridized carbons (Fsp3) is 0.214. The van der Waals surface area contributed by atoms with Crippen molar-refractivity contribution in [3.05, 3.63) is 64.4 Å². The molecule has 1 aromatic heterocycles. The van der Waals surface area contributed by atoms with Crippen molar-refractivity contribution in [1.82, 2.24) is 10.4 Å². The predicted molar refractivity (Wildman–Crippen MR) is 74.2 cm³/mol. The molecule has 0 fully saturated rings. The van der Waals surface area contributed by atoms with E-state index < -0.39 is 0 Å². The summed E-state index contributed by atoms with van der Waals surface area (Å²) in [4.78, 5) is 4.10. The number of hydrogen-bond acceptors (Lipinski definition) is 3. The molecule has 0 aliphatic rings. The number of nitrogens with one attached hydrogen (secondary N) is 1. The van der Waals surface area contributed by atoms with E-state index in [9.17, 15) is 0 Å². The molecule has 0 saturated carbocycles. The van der Waals surface area contributed by atoms with Gasteiger partial charge in [-0.1, -0.05) is 35.9 Å². The monoisotopic (exact) mass is 261 g/mol. The van der Waals surface area contributed by atoms with Gasteiger partial charge >= 0.3 is 0 Å². The van der Waals surface area contributed by atoms with Crippen LogP contribution in [0.5, 0.6) is 0 Å². The van der Waals surface area contributed by atoms with E-state index in [0.717, 1.165) is 28.1 Å². The number of hydrazine groups is 1. The number of nitrogens with zero attached hydrogens (tertiary/aromatic N) is 1. The van der Waals surface area contributed by atoms with E-state index in [0.29, 0.717) is 0 Å². The Bertz CT molecular complexity index is 514. The first-order valence-corrected chi connectivity index (χ1v) is 6.20. The molecule has 18 heavy (non-hydrogen) atoms. The van der Waals surface area contributed by atoms with Crippen molar-refractivity contribution >= 4 is 11.6 Å². The Labute approximate surface area is 112 Å². The molecule has 94 valence electrons. The van der Waals surface area contributed by atoms with Crippen LogP contribution in [-0.2, 0) is 6.42 Å². The van der Waals surface area contributed by atoms with E-state index in [1.54, 1.807) is 6.20 Å². The van der Waals surface area contributed by atoms with Crippen LogP contribution in [0.2, 0.25) is 5.02 Å². The Morgan fingerprint density at radius 2 is 2.17 bits per heavy atom. The Morgan fingerprint density at radius 3 is 2.83 bits per heavy atom. The minimum absolute atomic E-state index is 0.0124. The van der Waals surface area contributed by atoms with Gasteiger partial charge in [0.05, 0.1) is 6.04 Å². The van der Waals surface area contributed by atoms with Gasteiger partial charge in [-0.15, -0.1) is 0 Å². The number of rotatable bonds is 4. The van der Waals surface area contributed by atoms with E-state index in [1.807, 2.05) is 43.5 Å². The Balaban J connectivity index is 2.26. The standard InChI is InChI=1S/C14H16ClN3/c1-10-4-2-6-12(14(10)15)13(18-16)8-11-5-3-7-17-9-11/h2-7,9,13,18H,8,16H2,1H3. The van der Waals surface area contributed by atoms with Crippen molar-refractivity contribution in [2.75, 3.05) is 0 Å². The molecule has 0 bridgehead atoms. The lowest BCUT2D eigenvalue weighted by molar-refractivity contribution is 0.551. The molecule has 4 heteroatoms. The number of benzene rings is 1. The number of hydrogen-bond donors (Lipinski definition) is 2. The molecule has 2 rings (SSSR count). The highest BCUT2D eigenvalue weighted by atomic mass is 35.5. The summed E-state index contributed by atoms with van der Waals surface area (Å²) in [5.41, 5.74) is 6.02. The zero-order valence-corrected chi connectivity index (χ0v) is 11.0. The molecule has 1 unspecified atom stereocenters. The molecule has 0 spiro atoms. The molecule has 1 heterocycles. The molecule has 0 aliphatic heterocycles. The second-order valence-electron chi connectivity index (χ2n) is 4.26. The van der Waals surface area contributed by atoms with E-state index in [2.05, 4.69) is 10.4 Å². The van der Waals surface area contributed by atoms with Gasteiger partial charge in [0.15, 0.2) is 0 Å². The van der Waals surface area contributed by atoms with E-state index in [-0.39, 0.29) is 6.04 Å². The molecule has 0 amide bonds. The van der Waals surface area contributed by atoms with Gasteiger partial charge in [-0.25, -0.2) is 0 Å². The third-order valence-corrected chi connectivity index (χ3v) is 3.48. The summed E-state index contributed by atoms with van der Waals surface area (Å²) in [5, 5.41) is 0.768.